The number of thioether (sulfide) groups is 1. The average molecular weight is 331 g/mol. The number of carboxylic acids is 1. The molecule has 0 fully saturated rings. The van der Waals surface area contributed by atoms with Gasteiger partial charge in [-0.2, -0.15) is 0 Å². The molecule has 1 rings (SSSR count). The Morgan fingerprint density at radius 3 is 2.48 bits per heavy atom. The number of amides is 1. The molecule has 0 aliphatic carbocycles. The Kier molecular flexibility index (Phi) is 6.22. The summed E-state index contributed by atoms with van der Waals surface area (Å²) < 4.78 is 24.0. The Labute approximate surface area is 127 Å². The van der Waals surface area contributed by atoms with Crippen LogP contribution in [0.2, 0.25) is 0 Å². The zero-order chi connectivity index (χ0) is 16.0. The quantitative estimate of drug-likeness (QED) is 0.727. The molecule has 0 aliphatic heterocycles. The maximum Gasteiger partial charge on any atom is 0.327 e. The van der Waals surface area contributed by atoms with Crippen LogP contribution in [0, 0.1) is 0 Å². The monoisotopic (exact) mass is 331 g/mol. The Hall–Kier alpha value is -1.54. The summed E-state index contributed by atoms with van der Waals surface area (Å²) in [5.74, 6) is -1.59. The van der Waals surface area contributed by atoms with Gasteiger partial charge >= 0.3 is 5.97 Å². The molecule has 1 aromatic rings. The molecule has 1 atom stereocenters. The van der Waals surface area contributed by atoms with Gasteiger partial charge in [0.05, 0.1) is 10.6 Å². The summed E-state index contributed by atoms with van der Waals surface area (Å²) in [5.41, 5.74) is 0. The summed E-state index contributed by atoms with van der Waals surface area (Å²) in [6, 6.07) is 5.36. The number of aliphatic carboxylic acids is 1. The van der Waals surface area contributed by atoms with Crippen LogP contribution in [-0.4, -0.2) is 42.9 Å². The summed E-state index contributed by atoms with van der Waals surface area (Å²) in [7, 11) is -3.38. The molecule has 0 aromatic heterocycles. The minimum Gasteiger partial charge on any atom is -0.480 e. The molecular formula is C13H17NO5S2. The molecule has 0 bridgehead atoms. The maximum atomic E-state index is 12.0. The second kappa shape index (κ2) is 7.46. The zero-order valence-electron chi connectivity index (χ0n) is 11.7. The number of hydrogen-bond donors (Lipinski definition) is 2. The number of nitrogens with one attached hydrogen (secondary N) is 1. The highest BCUT2D eigenvalue weighted by atomic mass is 32.2. The molecule has 2 N–H and O–H groups in total. The van der Waals surface area contributed by atoms with Gasteiger partial charge in [-0.05, 0) is 12.1 Å². The molecule has 1 amide bonds. The first kappa shape index (κ1) is 17.5. The first-order valence-corrected chi connectivity index (χ1v) is 8.86. The molecule has 0 radical (unpaired) electrons. The van der Waals surface area contributed by atoms with Gasteiger partial charge in [-0.15, -0.1) is 11.8 Å². The van der Waals surface area contributed by atoms with Gasteiger partial charge in [-0.25, -0.2) is 13.2 Å². The third-order valence-electron chi connectivity index (χ3n) is 2.65. The minimum absolute atomic E-state index is 0.0291. The minimum atomic E-state index is -3.38. The lowest BCUT2D eigenvalue weighted by atomic mass is 10.3. The number of sulfone groups is 1. The standard InChI is InChI=1S/C13H17NO5S2/c1-3-21(18,19)12-7-5-4-6-11(12)20-8-10(13(16)17)14-9(2)15/h4-7,10H,3,8H2,1-2H3,(H,14,15)(H,16,17). The maximum absolute atomic E-state index is 12.0. The largest absolute Gasteiger partial charge is 0.480 e. The van der Waals surface area contributed by atoms with E-state index < -0.39 is 27.8 Å². The van der Waals surface area contributed by atoms with E-state index in [2.05, 4.69) is 5.32 Å². The van der Waals surface area contributed by atoms with Gasteiger partial charge in [0.15, 0.2) is 9.84 Å². The number of carboxylic acid groups (broad SMARTS) is 1. The first-order chi connectivity index (χ1) is 9.77. The van der Waals surface area contributed by atoms with Crippen LogP contribution in [0.3, 0.4) is 0 Å². The van der Waals surface area contributed by atoms with Crippen molar-refractivity contribution in [3.8, 4) is 0 Å². The number of rotatable bonds is 7. The van der Waals surface area contributed by atoms with E-state index in [4.69, 9.17) is 5.11 Å². The molecule has 6 nitrogen and oxygen atoms in total. The predicted molar refractivity (Wildman–Crippen MR) is 80.1 cm³/mol. The van der Waals surface area contributed by atoms with Crippen LogP contribution in [-0.2, 0) is 19.4 Å². The summed E-state index contributed by atoms with van der Waals surface area (Å²) in [5, 5.41) is 11.3. The zero-order valence-corrected chi connectivity index (χ0v) is 13.3. The molecular weight excluding hydrogens is 314 g/mol. The van der Waals surface area contributed by atoms with Gasteiger partial charge in [0.25, 0.3) is 0 Å². The molecule has 1 aromatic carbocycles. The second-order valence-corrected chi connectivity index (χ2v) is 7.56. The summed E-state index contributed by atoms with van der Waals surface area (Å²) in [6.45, 7) is 2.78. The van der Waals surface area contributed by atoms with E-state index in [0.29, 0.717) is 4.90 Å². The van der Waals surface area contributed by atoms with Crippen LogP contribution in [0.15, 0.2) is 34.1 Å². The molecule has 0 heterocycles. The molecule has 0 saturated carbocycles. The van der Waals surface area contributed by atoms with Gasteiger partial charge in [0, 0.05) is 17.6 Å². The lowest BCUT2D eigenvalue weighted by Gasteiger charge is -2.14. The second-order valence-electron chi connectivity index (χ2n) is 4.25. The van der Waals surface area contributed by atoms with Crippen molar-refractivity contribution in [1.29, 1.82) is 0 Å². The highest BCUT2D eigenvalue weighted by Crippen LogP contribution is 2.27. The van der Waals surface area contributed by atoms with Gasteiger partial charge in [0.1, 0.15) is 6.04 Å². The third-order valence-corrected chi connectivity index (χ3v) is 5.73. The molecule has 0 saturated heterocycles. The van der Waals surface area contributed by atoms with Gasteiger partial charge in [-0.3, -0.25) is 4.79 Å². The first-order valence-electron chi connectivity index (χ1n) is 6.22. The van der Waals surface area contributed by atoms with Crippen LogP contribution in [0.4, 0.5) is 0 Å². The number of hydrogen-bond acceptors (Lipinski definition) is 5. The van der Waals surface area contributed by atoms with Crippen LogP contribution in [0.5, 0.6) is 0 Å². The topological polar surface area (TPSA) is 101 Å². The Morgan fingerprint density at radius 2 is 1.95 bits per heavy atom. The number of carbonyl (C=O) groups excluding carboxylic acids is 1. The molecule has 21 heavy (non-hydrogen) atoms. The highest BCUT2D eigenvalue weighted by Gasteiger charge is 2.21. The van der Waals surface area contributed by atoms with E-state index in [1.807, 2.05) is 0 Å². The lowest BCUT2D eigenvalue weighted by Crippen LogP contribution is -2.41. The van der Waals surface area contributed by atoms with Crippen LogP contribution in [0.25, 0.3) is 0 Å². The highest BCUT2D eigenvalue weighted by molar-refractivity contribution is 8.00. The van der Waals surface area contributed by atoms with Crippen molar-refractivity contribution in [1.82, 2.24) is 5.32 Å². The van der Waals surface area contributed by atoms with Gasteiger partial charge in [0.2, 0.25) is 5.91 Å². The molecule has 0 aliphatic rings. The van der Waals surface area contributed by atoms with Crippen LogP contribution in [0.1, 0.15) is 13.8 Å². The Bertz CT molecular complexity index is 627. The van der Waals surface area contributed by atoms with Crippen molar-refractivity contribution in [2.75, 3.05) is 11.5 Å². The fourth-order valence-electron chi connectivity index (χ4n) is 1.58. The van der Waals surface area contributed by atoms with Crippen molar-refractivity contribution in [3.05, 3.63) is 24.3 Å². The van der Waals surface area contributed by atoms with E-state index in [-0.39, 0.29) is 16.4 Å². The smallest absolute Gasteiger partial charge is 0.327 e. The fraction of sp³-hybridized carbons (Fsp3) is 0.385. The van der Waals surface area contributed by atoms with Gasteiger partial charge < -0.3 is 10.4 Å². The summed E-state index contributed by atoms with van der Waals surface area (Å²) >= 11 is 1.09. The summed E-state index contributed by atoms with van der Waals surface area (Å²) in [4.78, 5) is 22.7. The van der Waals surface area contributed by atoms with Crippen molar-refractivity contribution in [2.45, 2.75) is 29.7 Å². The summed E-state index contributed by atoms with van der Waals surface area (Å²) in [6.07, 6.45) is 0. The van der Waals surface area contributed by atoms with E-state index >= 15 is 0 Å². The van der Waals surface area contributed by atoms with Crippen molar-refractivity contribution in [2.24, 2.45) is 0 Å². The normalized spacial score (nSPS) is 12.7. The Balaban J connectivity index is 2.93. The SMILES string of the molecule is CCS(=O)(=O)c1ccccc1SCC(NC(C)=O)C(=O)O. The molecule has 116 valence electrons. The predicted octanol–water partition coefficient (Wildman–Crippen LogP) is 1.16. The molecule has 1 unspecified atom stereocenters. The van der Waals surface area contributed by atoms with Crippen molar-refractivity contribution < 1.29 is 23.1 Å². The van der Waals surface area contributed by atoms with Gasteiger partial charge in [-0.1, -0.05) is 19.1 Å². The fourth-order valence-corrected chi connectivity index (χ4v) is 4.06. The molecule has 8 heteroatoms. The Morgan fingerprint density at radius 1 is 1.33 bits per heavy atom. The van der Waals surface area contributed by atoms with Crippen LogP contribution >= 0.6 is 11.8 Å². The van der Waals surface area contributed by atoms with E-state index in [1.165, 1.54) is 13.0 Å². The molecule has 0 spiro atoms. The van der Waals surface area contributed by atoms with E-state index in [0.717, 1.165) is 11.8 Å². The van der Waals surface area contributed by atoms with Crippen molar-refractivity contribution >= 4 is 33.5 Å². The number of benzene rings is 1. The van der Waals surface area contributed by atoms with Crippen molar-refractivity contribution in [3.63, 3.8) is 0 Å². The lowest BCUT2D eigenvalue weighted by molar-refractivity contribution is -0.140. The number of carbonyl (C=O) groups is 2. The van der Waals surface area contributed by atoms with Crippen LogP contribution < -0.4 is 5.32 Å². The van der Waals surface area contributed by atoms with E-state index in [1.54, 1.807) is 25.1 Å². The average Bonchev–Trinajstić information content (AvgIpc) is 2.43. The van der Waals surface area contributed by atoms with E-state index in [9.17, 15) is 18.0 Å². The third kappa shape index (κ3) is 5.05.